The van der Waals surface area contributed by atoms with Gasteiger partial charge >= 0.3 is 11.9 Å². The van der Waals surface area contributed by atoms with E-state index < -0.39 is 23.1 Å². The van der Waals surface area contributed by atoms with Crippen LogP contribution in [0.4, 0.5) is 5.69 Å². The molecule has 0 aromatic heterocycles. The van der Waals surface area contributed by atoms with Gasteiger partial charge in [-0.2, -0.15) is 0 Å². The van der Waals surface area contributed by atoms with Crippen LogP contribution >= 0.6 is 11.8 Å². The summed E-state index contributed by atoms with van der Waals surface area (Å²) in [5.41, 5.74) is 2.09. The lowest BCUT2D eigenvalue weighted by Crippen LogP contribution is -2.20. The van der Waals surface area contributed by atoms with Gasteiger partial charge in [0.1, 0.15) is 22.3 Å². The molecule has 3 aromatic rings. The first-order chi connectivity index (χ1) is 19.7. The largest absolute Gasteiger partial charge is 0.508 e. The Balaban J connectivity index is 1.57. The number of benzene rings is 4. The van der Waals surface area contributed by atoms with Crippen molar-refractivity contribution in [3.05, 3.63) is 106 Å². The molecule has 9 nitrogen and oxygen atoms in total. The monoisotopic (exact) mass is 569 g/mol. The zero-order valence-electron chi connectivity index (χ0n) is 21.4. The molecule has 1 heterocycles. The van der Waals surface area contributed by atoms with Crippen LogP contribution in [0.5, 0.6) is 5.75 Å². The molecular weight excluding hydrogens is 546 g/mol. The standard InChI is InChI=1S/C31H23NO8S/c33-19-7-10-22-25(15-19)40-26-16-20(34)8-11-23(26)28(22)21-9-6-18(14-24(21)31(38)39)32-30(37)29(41-13-12-27(35)36)17-4-2-1-3-5-17/h1-11,14-16,29,33H,12-13H2,(H,32,37)(H,35,36)(H,38,39). The van der Waals surface area contributed by atoms with Crippen LogP contribution in [0.15, 0.2) is 94.1 Å². The summed E-state index contributed by atoms with van der Waals surface area (Å²) >= 11 is 1.18. The molecule has 0 fully saturated rings. The Morgan fingerprint density at radius 1 is 0.878 bits per heavy atom. The molecule has 1 aliphatic carbocycles. The molecule has 4 N–H and O–H groups in total. The van der Waals surface area contributed by atoms with E-state index in [4.69, 9.17) is 9.52 Å². The SMILES string of the molecule is O=C(O)CCSC(C(=O)Nc1ccc(-c2c3ccc(=O)cc-3oc3cc(O)ccc23)c(C(=O)O)c1)c1ccccc1. The van der Waals surface area contributed by atoms with Gasteiger partial charge in [0.15, 0.2) is 5.43 Å². The van der Waals surface area contributed by atoms with Gasteiger partial charge in [-0.3, -0.25) is 14.4 Å². The van der Waals surface area contributed by atoms with Gasteiger partial charge in [-0.15, -0.1) is 11.8 Å². The van der Waals surface area contributed by atoms with Gasteiger partial charge in [-0.25, -0.2) is 4.79 Å². The molecule has 0 spiro atoms. The van der Waals surface area contributed by atoms with Crippen molar-refractivity contribution in [2.45, 2.75) is 11.7 Å². The van der Waals surface area contributed by atoms with Crippen molar-refractivity contribution in [3.8, 4) is 28.2 Å². The fraction of sp³-hybridized carbons (Fsp3) is 0.0968. The molecule has 1 unspecified atom stereocenters. The fourth-order valence-electron chi connectivity index (χ4n) is 4.59. The van der Waals surface area contributed by atoms with E-state index in [0.717, 1.165) is 0 Å². The Labute approximate surface area is 237 Å². The summed E-state index contributed by atoms with van der Waals surface area (Å²) in [6.45, 7) is 0. The van der Waals surface area contributed by atoms with Gasteiger partial charge in [-0.1, -0.05) is 36.4 Å². The predicted molar refractivity (Wildman–Crippen MR) is 156 cm³/mol. The number of phenolic OH excluding ortho intramolecular Hbond substituents is 1. The number of hydrogen-bond donors (Lipinski definition) is 4. The Bertz CT molecular complexity index is 1810. The summed E-state index contributed by atoms with van der Waals surface area (Å²) in [6.07, 6.45) is -0.115. The molecule has 0 saturated carbocycles. The van der Waals surface area contributed by atoms with Gasteiger partial charge < -0.3 is 25.1 Å². The first kappa shape index (κ1) is 27.5. The fourth-order valence-corrected chi connectivity index (χ4v) is 5.68. The van der Waals surface area contributed by atoms with Gasteiger partial charge in [0, 0.05) is 40.1 Å². The van der Waals surface area contributed by atoms with Crippen molar-refractivity contribution in [1.82, 2.24) is 0 Å². The minimum atomic E-state index is -1.24. The lowest BCUT2D eigenvalue weighted by atomic mass is 9.90. The highest BCUT2D eigenvalue weighted by molar-refractivity contribution is 8.00. The molecule has 2 aliphatic rings. The zero-order chi connectivity index (χ0) is 29.1. The van der Waals surface area contributed by atoms with Crippen molar-refractivity contribution >= 4 is 46.3 Å². The molecule has 206 valence electrons. The first-order valence-electron chi connectivity index (χ1n) is 12.5. The highest BCUT2D eigenvalue weighted by Gasteiger charge is 2.25. The average Bonchev–Trinajstić information content (AvgIpc) is 2.94. The Hall–Kier alpha value is -5.09. The van der Waals surface area contributed by atoms with Crippen LogP contribution in [0.25, 0.3) is 33.4 Å². The van der Waals surface area contributed by atoms with Crippen LogP contribution in [-0.2, 0) is 9.59 Å². The molecule has 1 aliphatic heterocycles. The maximum atomic E-state index is 13.3. The van der Waals surface area contributed by atoms with Crippen molar-refractivity contribution in [2.24, 2.45) is 0 Å². The van der Waals surface area contributed by atoms with Crippen LogP contribution in [-0.4, -0.2) is 38.9 Å². The molecule has 0 saturated heterocycles. The molecule has 41 heavy (non-hydrogen) atoms. The Morgan fingerprint density at radius 2 is 1.63 bits per heavy atom. The third kappa shape index (κ3) is 5.92. The van der Waals surface area contributed by atoms with Crippen LogP contribution in [0.2, 0.25) is 0 Å². The van der Waals surface area contributed by atoms with Crippen LogP contribution in [0.1, 0.15) is 27.6 Å². The number of aliphatic carboxylic acids is 1. The Kier molecular flexibility index (Phi) is 7.75. The second-order valence-corrected chi connectivity index (χ2v) is 10.4. The molecule has 3 aromatic carbocycles. The van der Waals surface area contributed by atoms with E-state index in [0.29, 0.717) is 27.6 Å². The van der Waals surface area contributed by atoms with E-state index in [2.05, 4.69) is 5.32 Å². The summed E-state index contributed by atoms with van der Waals surface area (Å²) in [4.78, 5) is 48.9. The number of thioether (sulfide) groups is 1. The zero-order valence-corrected chi connectivity index (χ0v) is 22.2. The van der Waals surface area contributed by atoms with E-state index >= 15 is 0 Å². The molecule has 0 bridgehead atoms. The third-order valence-electron chi connectivity index (χ3n) is 6.40. The van der Waals surface area contributed by atoms with Crippen molar-refractivity contribution in [1.29, 1.82) is 0 Å². The lowest BCUT2D eigenvalue weighted by molar-refractivity contribution is -0.136. The third-order valence-corrected chi connectivity index (χ3v) is 7.66. The minimum Gasteiger partial charge on any atom is -0.508 e. The van der Waals surface area contributed by atoms with E-state index in [-0.39, 0.29) is 45.9 Å². The number of amides is 1. The van der Waals surface area contributed by atoms with Crippen molar-refractivity contribution in [3.63, 3.8) is 0 Å². The summed E-state index contributed by atoms with van der Waals surface area (Å²) in [7, 11) is 0. The number of carbonyl (C=O) groups is 3. The summed E-state index contributed by atoms with van der Waals surface area (Å²) in [5, 5.41) is 31.8. The van der Waals surface area contributed by atoms with Crippen molar-refractivity contribution < 1.29 is 34.1 Å². The predicted octanol–water partition coefficient (Wildman–Crippen LogP) is 5.86. The number of fused-ring (bicyclic) bond motifs is 2. The normalized spacial score (nSPS) is 11.8. The molecule has 0 radical (unpaired) electrons. The number of rotatable bonds is 9. The molecule has 1 atom stereocenters. The molecule has 5 rings (SSSR count). The highest BCUT2D eigenvalue weighted by atomic mass is 32.2. The van der Waals surface area contributed by atoms with Crippen LogP contribution < -0.4 is 10.7 Å². The number of phenols is 1. The van der Waals surface area contributed by atoms with Gasteiger partial charge in [0.25, 0.3) is 0 Å². The van der Waals surface area contributed by atoms with E-state index in [1.54, 1.807) is 48.5 Å². The number of carboxylic acid groups (broad SMARTS) is 2. The van der Waals surface area contributed by atoms with Crippen molar-refractivity contribution in [2.75, 3.05) is 11.1 Å². The second-order valence-electron chi connectivity index (χ2n) is 9.18. The quantitative estimate of drug-likeness (QED) is 0.160. The topological polar surface area (TPSA) is 154 Å². The second kappa shape index (κ2) is 11.6. The summed E-state index contributed by atoms with van der Waals surface area (Å²) in [6, 6.07) is 22.1. The van der Waals surface area contributed by atoms with E-state index in [9.17, 15) is 29.4 Å². The minimum absolute atomic E-state index is 0.0597. The number of aromatic hydroxyl groups is 1. The van der Waals surface area contributed by atoms with Gasteiger partial charge in [-0.05, 0) is 47.5 Å². The summed E-state index contributed by atoms with van der Waals surface area (Å²) < 4.78 is 5.86. The smallest absolute Gasteiger partial charge is 0.336 e. The molecular formula is C31H23NO8S. The van der Waals surface area contributed by atoms with Crippen LogP contribution in [0.3, 0.4) is 0 Å². The number of anilines is 1. The molecule has 1 amide bonds. The number of carbonyl (C=O) groups excluding carboxylic acids is 1. The maximum absolute atomic E-state index is 13.3. The number of aromatic carboxylic acids is 1. The first-order valence-corrected chi connectivity index (χ1v) is 13.5. The van der Waals surface area contributed by atoms with Gasteiger partial charge in [0.05, 0.1) is 12.0 Å². The average molecular weight is 570 g/mol. The van der Waals surface area contributed by atoms with Crippen LogP contribution in [0, 0.1) is 0 Å². The molecule has 10 heteroatoms. The summed E-state index contributed by atoms with van der Waals surface area (Å²) in [5.74, 6) is -2.27. The Morgan fingerprint density at radius 3 is 2.37 bits per heavy atom. The highest BCUT2D eigenvalue weighted by Crippen LogP contribution is 2.42. The van der Waals surface area contributed by atoms with Gasteiger partial charge in [0.2, 0.25) is 5.91 Å². The van der Waals surface area contributed by atoms with E-state index in [1.807, 2.05) is 6.07 Å². The maximum Gasteiger partial charge on any atom is 0.336 e. The number of nitrogens with one attached hydrogen (secondary N) is 1. The number of carboxylic acids is 2. The lowest BCUT2D eigenvalue weighted by Gasteiger charge is -2.19. The number of hydrogen-bond acceptors (Lipinski definition) is 7. The van der Waals surface area contributed by atoms with E-state index in [1.165, 1.54) is 42.1 Å².